The Morgan fingerprint density at radius 3 is 2.61 bits per heavy atom. The first-order valence-electron chi connectivity index (χ1n) is 7.70. The van der Waals surface area contributed by atoms with E-state index >= 15 is 0 Å². The van der Waals surface area contributed by atoms with Crippen LogP contribution in [-0.4, -0.2) is 18.5 Å². The molecule has 2 saturated carbocycles. The molecule has 0 saturated heterocycles. The van der Waals surface area contributed by atoms with Gasteiger partial charge in [-0.05, 0) is 37.5 Å². The molecule has 0 heterocycles. The van der Waals surface area contributed by atoms with Crippen molar-refractivity contribution in [1.29, 1.82) is 0 Å². The molecule has 3 N–H and O–H groups in total. The highest BCUT2D eigenvalue weighted by Gasteiger charge is 2.30. The summed E-state index contributed by atoms with van der Waals surface area (Å²) in [6, 6.07) is 0.308. The minimum absolute atomic E-state index is 0.202. The lowest BCUT2D eigenvalue weighted by Crippen LogP contribution is -2.41. The predicted octanol–water partition coefficient (Wildman–Crippen LogP) is 2.45. The first-order chi connectivity index (χ1) is 8.66. The summed E-state index contributed by atoms with van der Waals surface area (Å²) >= 11 is 0. The summed E-state index contributed by atoms with van der Waals surface area (Å²) < 4.78 is 0. The van der Waals surface area contributed by atoms with Gasteiger partial charge in [0.25, 0.3) is 0 Å². The van der Waals surface area contributed by atoms with E-state index in [1.165, 1.54) is 32.1 Å². The molecule has 0 aromatic rings. The van der Waals surface area contributed by atoms with Gasteiger partial charge in [-0.15, -0.1) is 0 Å². The fourth-order valence-corrected chi connectivity index (χ4v) is 3.66. The van der Waals surface area contributed by atoms with E-state index in [4.69, 9.17) is 5.73 Å². The number of carbonyl (C=O) groups is 1. The number of rotatable bonds is 4. The summed E-state index contributed by atoms with van der Waals surface area (Å²) in [6.45, 7) is 3.04. The highest BCUT2D eigenvalue weighted by Crippen LogP contribution is 2.30. The number of carbonyl (C=O) groups excluding carboxylic acids is 1. The smallest absolute Gasteiger partial charge is 0.223 e. The summed E-state index contributed by atoms with van der Waals surface area (Å²) in [5.41, 5.74) is 5.94. The molecule has 3 heteroatoms. The van der Waals surface area contributed by atoms with Crippen LogP contribution in [0.5, 0.6) is 0 Å². The van der Waals surface area contributed by atoms with Crippen molar-refractivity contribution >= 4 is 5.91 Å². The van der Waals surface area contributed by atoms with E-state index in [1.54, 1.807) is 0 Å². The molecule has 18 heavy (non-hydrogen) atoms. The van der Waals surface area contributed by atoms with Crippen molar-refractivity contribution in [1.82, 2.24) is 5.32 Å². The Labute approximate surface area is 111 Å². The molecule has 104 valence electrons. The Balaban J connectivity index is 1.67. The van der Waals surface area contributed by atoms with Gasteiger partial charge in [0, 0.05) is 18.5 Å². The van der Waals surface area contributed by atoms with Gasteiger partial charge in [0.1, 0.15) is 0 Å². The number of nitrogens with one attached hydrogen (secondary N) is 1. The van der Waals surface area contributed by atoms with E-state index < -0.39 is 0 Å². The van der Waals surface area contributed by atoms with E-state index in [2.05, 4.69) is 12.2 Å². The molecule has 2 rings (SSSR count). The van der Waals surface area contributed by atoms with Crippen LogP contribution in [0.2, 0.25) is 0 Å². The highest BCUT2D eigenvalue weighted by molar-refractivity contribution is 5.79. The lowest BCUT2D eigenvalue weighted by atomic mass is 9.78. The Morgan fingerprint density at radius 1 is 1.22 bits per heavy atom. The Hall–Kier alpha value is -0.570. The molecule has 2 fully saturated rings. The molecular weight excluding hydrogens is 224 g/mol. The molecule has 0 bridgehead atoms. The molecule has 1 amide bonds. The minimum Gasteiger partial charge on any atom is -0.356 e. The quantitative estimate of drug-likeness (QED) is 0.807. The zero-order chi connectivity index (χ0) is 13.0. The van der Waals surface area contributed by atoms with Crippen molar-refractivity contribution in [2.75, 3.05) is 6.54 Å². The van der Waals surface area contributed by atoms with Gasteiger partial charge in [0.2, 0.25) is 5.91 Å². The van der Waals surface area contributed by atoms with Crippen LogP contribution in [0.4, 0.5) is 0 Å². The van der Waals surface area contributed by atoms with Gasteiger partial charge >= 0.3 is 0 Å². The van der Waals surface area contributed by atoms with Gasteiger partial charge in [-0.3, -0.25) is 4.79 Å². The van der Waals surface area contributed by atoms with E-state index in [1.807, 2.05) is 0 Å². The predicted molar refractivity (Wildman–Crippen MR) is 74.1 cm³/mol. The SMILES string of the molecule is CC1CC(N)CCC1C(=O)NCCC1CCCC1. The lowest BCUT2D eigenvalue weighted by Gasteiger charge is -2.31. The zero-order valence-electron chi connectivity index (χ0n) is 11.7. The van der Waals surface area contributed by atoms with Crippen LogP contribution >= 0.6 is 0 Å². The maximum absolute atomic E-state index is 12.1. The normalized spacial score (nSPS) is 33.6. The number of nitrogens with two attached hydrogens (primary N) is 1. The van der Waals surface area contributed by atoms with Crippen LogP contribution in [0.15, 0.2) is 0 Å². The summed E-state index contributed by atoms with van der Waals surface area (Å²) in [7, 11) is 0. The fraction of sp³-hybridized carbons (Fsp3) is 0.933. The van der Waals surface area contributed by atoms with Crippen molar-refractivity contribution in [2.45, 2.75) is 64.3 Å². The average molecular weight is 252 g/mol. The zero-order valence-corrected chi connectivity index (χ0v) is 11.7. The second-order valence-electron chi connectivity index (χ2n) is 6.39. The minimum atomic E-state index is 0.202. The molecule has 0 aromatic heterocycles. The summed E-state index contributed by atoms with van der Waals surface area (Å²) in [5, 5.41) is 3.14. The molecule has 3 unspecified atom stereocenters. The Bertz CT molecular complexity index is 274. The third-order valence-corrected chi connectivity index (χ3v) is 4.87. The lowest BCUT2D eigenvalue weighted by molar-refractivity contribution is -0.127. The number of hydrogen-bond donors (Lipinski definition) is 2. The largest absolute Gasteiger partial charge is 0.356 e. The van der Waals surface area contributed by atoms with Gasteiger partial charge in [-0.1, -0.05) is 32.6 Å². The van der Waals surface area contributed by atoms with Crippen molar-refractivity contribution in [3.05, 3.63) is 0 Å². The number of hydrogen-bond acceptors (Lipinski definition) is 2. The van der Waals surface area contributed by atoms with Gasteiger partial charge in [-0.2, -0.15) is 0 Å². The topological polar surface area (TPSA) is 55.1 Å². The molecular formula is C15H28N2O. The van der Waals surface area contributed by atoms with E-state index in [-0.39, 0.29) is 11.8 Å². The van der Waals surface area contributed by atoms with Crippen molar-refractivity contribution in [3.8, 4) is 0 Å². The molecule has 0 aliphatic heterocycles. The Kier molecular flexibility index (Phi) is 5.04. The Morgan fingerprint density at radius 2 is 1.94 bits per heavy atom. The summed E-state index contributed by atoms with van der Waals surface area (Å²) in [6.07, 6.45) is 9.65. The molecule has 2 aliphatic rings. The monoisotopic (exact) mass is 252 g/mol. The van der Waals surface area contributed by atoms with Crippen LogP contribution in [0.3, 0.4) is 0 Å². The molecule has 2 aliphatic carbocycles. The number of amides is 1. The third kappa shape index (κ3) is 3.71. The second kappa shape index (κ2) is 6.55. The van der Waals surface area contributed by atoms with E-state index in [0.29, 0.717) is 12.0 Å². The average Bonchev–Trinajstić information content (AvgIpc) is 2.81. The van der Waals surface area contributed by atoms with E-state index in [9.17, 15) is 4.79 Å². The van der Waals surface area contributed by atoms with Crippen LogP contribution < -0.4 is 11.1 Å². The van der Waals surface area contributed by atoms with Gasteiger partial charge in [-0.25, -0.2) is 0 Å². The standard InChI is InChI=1S/C15H28N2O/c1-11-10-13(16)6-7-14(11)15(18)17-9-8-12-4-2-3-5-12/h11-14H,2-10,16H2,1H3,(H,17,18). The van der Waals surface area contributed by atoms with Gasteiger partial charge < -0.3 is 11.1 Å². The summed E-state index contributed by atoms with van der Waals surface area (Å²) in [5.74, 6) is 1.78. The fourth-order valence-electron chi connectivity index (χ4n) is 3.66. The molecule has 3 atom stereocenters. The van der Waals surface area contributed by atoms with Gasteiger partial charge in [0.15, 0.2) is 0 Å². The second-order valence-corrected chi connectivity index (χ2v) is 6.39. The first kappa shape index (κ1) is 13.9. The molecule has 0 aromatic carbocycles. The van der Waals surface area contributed by atoms with Crippen LogP contribution in [0, 0.1) is 17.8 Å². The maximum atomic E-state index is 12.1. The van der Waals surface area contributed by atoms with Gasteiger partial charge in [0.05, 0.1) is 0 Å². The molecule has 0 spiro atoms. The first-order valence-corrected chi connectivity index (χ1v) is 7.70. The maximum Gasteiger partial charge on any atom is 0.223 e. The summed E-state index contributed by atoms with van der Waals surface area (Å²) in [4.78, 5) is 12.1. The molecule has 0 radical (unpaired) electrons. The molecule has 3 nitrogen and oxygen atoms in total. The van der Waals surface area contributed by atoms with Crippen LogP contribution in [-0.2, 0) is 4.79 Å². The van der Waals surface area contributed by atoms with Crippen molar-refractivity contribution in [3.63, 3.8) is 0 Å². The van der Waals surface area contributed by atoms with Crippen molar-refractivity contribution < 1.29 is 4.79 Å². The highest BCUT2D eigenvalue weighted by atomic mass is 16.1. The third-order valence-electron chi connectivity index (χ3n) is 4.87. The van der Waals surface area contributed by atoms with Crippen molar-refractivity contribution in [2.24, 2.45) is 23.5 Å². The van der Waals surface area contributed by atoms with Crippen LogP contribution in [0.1, 0.15) is 58.3 Å². The van der Waals surface area contributed by atoms with Crippen LogP contribution in [0.25, 0.3) is 0 Å². The van der Waals surface area contributed by atoms with E-state index in [0.717, 1.165) is 31.7 Å².